The van der Waals surface area contributed by atoms with Crippen LogP contribution in [0, 0.1) is 5.92 Å². The number of likely N-dealkylation sites (tertiary alicyclic amines) is 1. The maximum absolute atomic E-state index is 13.6. The minimum absolute atomic E-state index is 0.0738. The minimum atomic E-state index is -3.65. The predicted molar refractivity (Wildman–Crippen MR) is 113 cm³/mol. The lowest BCUT2D eigenvalue weighted by atomic mass is 9.61. The second kappa shape index (κ2) is 7.42. The van der Waals surface area contributed by atoms with Crippen LogP contribution in [-0.4, -0.2) is 44.2 Å². The zero-order chi connectivity index (χ0) is 20.8. The minimum Gasteiger partial charge on any atom is -0.328 e. The summed E-state index contributed by atoms with van der Waals surface area (Å²) < 4.78 is 26.2. The first kappa shape index (κ1) is 20.4. The molecule has 2 aromatic rings. The Balaban J connectivity index is 1.75. The SMILES string of the molecule is CN(C)S(=O)(=O)c1ccc(Cl)c(C(=O)N2CC3CCCCC32c2ccccc2)c1. The lowest BCUT2D eigenvalue weighted by molar-refractivity contribution is -0.0869. The summed E-state index contributed by atoms with van der Waals surface area (Å²) in [5.74, 6) is 0.225. The van der Waals surface area contributed by atoms with Crippen molar-refractivity contribution >= 4 is 27.5 Å². The van der Waals surface area contributed by atoms with E-state index in [9.17, 15) is 13.2 Å². The molecule has 2 aliphatic rings. The highest BCUT2D eigenvalue weighted by Crippen LogP contribution is 2.54. The highest BCUT2D eigenvalue weighted by molar-refractivity contribution is 7.89. The standard InChI is InChI=1S/C22H25ClN2O3S/c1-24(2)29(27,28)18-11-12-20(23)19(14-18)21(26)25-15-17-10-6-7-13-22(17,25)16-8-4-3-5-9-16/h3-5,8-9,11-12,14,17H,6-7,10,13,15H2,1-2H3. The van der Waals surface area contributed by atoms with E-state index in [1.54, 1.807) is 0 Å². The van der Waals surface area contributed by atoms with Gasteiger partial charge in [-0.25, -0.2) is 12.7 Å². The summed E-state index contributed by atoms with van der Waals surface area (Å²) in [5.41, 5.74) is 1.07. The summed E-state index contributed by atoms with van der Waals surface area (Å²) in [6.45, 7) is 0.675. The van der Waals surface area contributed by atoms with E-state index in [1.807, 2.05) is 23.1 Å². The molecule has 0 radical (unpaired) electrons. The summed E-state index contributed by atoms with van der Waals surface area (Å²) in [6.07, 6.45) is 4.26. The van der Waals surface area contributed by atoms with E-state index in [-0.39, 0.29) is 26.9 Å². The first-order valence-electron chi connectivity index (χ1n) is 9.88. The number of rotatable bonds is 4. The number of nitrogens with zero attached hydrogens (tertiary/aromatic N) is 2. The Hall–Kier alpha value is -1.89. The largest absolute Gasteiger partial charge is 0.328 e. The first-order valence-corrected chi connectivity index (χ1v) is 11.7. The molecule has 1 saturated heterocycles. The highest BCUT2D eigenvalue weighted by atomic mass is 35.5. The molecule has 2 atom stereocenters. The first-order chi connectivity index (χ1) is 13.8. The van der Waals surface area contributed by atoms with E-state index >= 15 is 0 Å². The van der Waals surface area contributed by atoms with Gasteiger partial charge >= 0.3 is 0 Å². The van der Waals surface area contributed by atoms with Gasteiger partial charge in [-0.2, -0.15) is 0 Å². The van der Waals surface area contributed by atoms with E-state index in [0.717, 1.165) is 29.1 Å². The molecule has 1 aliphatic heterocycles. The second-order valence-corrected chi connectivity index (χ2v) is 10.6. The van der Waals surface area contributed by atoms with Crippen LogP contribution in [0.1, 0.15) is 41.6 Å². The van der Waals surface area contributed by atoms with Crippen molar-refractivity contribution in [2.24, 2.45) is 5.92 Å². The van der Waals surface area contributed by atoms with E-state index < -0.39 is 10.0 Å². The van der Waals surface area contributed by atoms with Crippen molar-refractivity contribution in [1.29, 1.82) is 0 Å². The molecule has 0 bridgehead atoms. The molecule has 1 saturated carbocycles. The molecule has 4 rings (SSSR count). The number of benzene rings is 2. The van der Waals surface area contributed by atoms with Gasteiger partial charge in [-0.15, -0.1) is 0 Å². The summed E-state index contributed by atoms with van der Waals surface area (Å²) in [7, 11) is -0.711. The van der Waals surface area contributed by atoms with Crippen LogP contribution < -0.4 is 0 Å². The molecule has 2 aromatic carbocycles. The van der Waals surface area contributed by atoms with Crippen molar-refractivity contribution in [2.75, 3.05) is 20.6 Å². The van der Waals surface area contributed by atoms with Crippen LogP contribution in [0.4, 0.5) is 0 Å². The van der Waals surface area contributed by atoms with Crippen molar-refractivity contribution < 1.29 is 13.2 Å². The molecular formula is C22H25ClN2O3S. The number of carbonyl (C=O) groups is 1. The Morgan fingerprint density at radius 2 is 1.86 bits per heavy atom. The highest BCUT2D eigenvalue weighted by Gasteiger charge is 2.57. The molecular weight excluding hydrogens is 408 g/mol. The van der Waals surface area contributed by atoms with Crippen molar-refractivity contribution in [1.82, 2.24) is 9.21 Å². The van der Waals surface area contributed by atoms with Crippen LogP contribution >= 0.6 is 11.6 Å². The number of carbonyl (C=O) groups excluding carboxylic acids is 1. The average Bonchev–Trinajstić information content (AvgIpc) is 2.69. The van der Waals surface area contributed by atoms with Gasteiger partial charge in [0, 0.05) is 26.6 Å². The third-order valence-corrected chi connectivity index (χ3v) is 8.53. The van der Waals surface area contributed by atoms with Gasteiger partial charge in [-0.3, -0.25) is 4.79 Å². The number of halogens is 1. The fraction of sp³-hybridized carbons (Fsp3) is 0.409. The molecule has 0 aromatic heterocycles. The third-order valence-electron chi connectivity index (χ3n) is 6.39. The van der Waals surface area contributed by atoms with Gasteiger partial charge in [0.25, 0.3) is 5.91 Å². The molecule has 0 spiro atoms. The average molecular weight is 433 g/mol. The van der Waals surface area contributed by atoms with Gasteiger partial charge in [-0.05, 0) is 36.6 Å². The lowest BCUT2D eigenvalue weighted by Gasteiger charge is -2.61. The summed E-state index contributed by atoms with van der Waals surface area (Å²) in [5, 5.41) is 0.273. The number of fused-ring (bicyclic) bond motifs is 1. The van der Waals surface area contributed by atoms with E-state index in [4.69, 9.17) is 11.6 Å². The Morgan fingerprint density at radius 3 is 2.52 bits per heavy atom. The number of amides is 1. The van der Waals surface area contributed by atoms with E-state index in [2.05, 4.69) is 12.1 Å². The maximum Gasteiger partial charge on any atom is 0.256 e. The molecule has 2 unspecified atom stereocenters. The van der Waals surface area contributed by atoms with Gasteiger partial charge < -0.3 is 4.90 Å². The van der Waals surface area contributed by atoms with E-state index in [0.29, 0.717) is 12.5 Å². The smallest absolute Gasteiger partial charge is 0.256 e. The monoisotopic (exact) mass is 432 g/mol. The fourth-order valence-corrected chi connectivity index (χ4v) is 5.94. The van der Waals surface area contributed by atoms with Gasteiger partial charge in [0.1, 0.15) is 0 Å². The van der Waals surface area contributed by atoms with Crippen molar-refractivity contribution in [3.63, 3.8) is 0 Å². The number of sulfonamides is 1. The normalized spacial score (nSPS) is 24.1. The number of hydrogen-bond donors (Lipinski definition) is 0. The second-order valence-electron chi connectivity index (χ2n) is 8.08. The Kier molecular flexibility index (Phi) is 5.21. The van der Waals surface area contributed by atoms with Gasteiger partial charge in [0.2, 0.25) is 10.0 Å². The lowest BCUT2D eigenvalue weighted by Crippen LogP contribution is -2.67. The fourth-order valence-electron chi connectivity index (χ4n) is 4.81. The summed E-state index contributed by atoms with van der Waals surface area (Å²) >= 11 is 6.36. The summed E-state index contributed by atoms with van der Waals surface area (Å²) in [6, 6.07) is 14.5. The van der Waals surface area contributed by atoms with Crippen LogP contribution in [0.2, 0.25) is 5.02 Å². The van der Waals surface area contributed by atoms with Crippen molar-refractivity contribution in [2.45, 2.75) is 36.1 Å². The van der Waals surface area contributed by atoms with Gasteiger partial charge in [0.15, 0.2) is 0 Å². The zero-order valence-electron chi connectivity index (χ0n) is 16.6. The molecule has 29 heavy (non-hydrogen) atoms. The molecule has 1 amide bonds. The molecule has 2 fully saturated rings. The molecule has 7 heteroatoms. The van der Waals surface area contributed by atoms with Crippen LogP contribution in [0.3, 0.4) is 0 Å². The molecule has 1 heterocycles. The quantitative estimate of drug-likeness (QED) is 0.729. The summed E-state index contributed by atoms with van der Waals surface area (Å²) in [4.78, 5) is 15.5. The van der Waals surface area contributed by atoms with Gasteiger partial charge in [0.05, 0.1) is 21.0 Å². The predicted octanol–water partition coefficient (Wildman–Crippen LogP) is 4.13. The maximum atomic E-state index is 13.6. The Bertz CT molecular complexity index is 1040. The van der Waals surface area contributed by atoms with Crippen molar-refractivity contribution in [3.8, 4) is 0 Å². The van der Waals surface area contributed by atoms with Crippen LogP contribution in [0.25, 0.3) is 0 Å². The molecule has 5 nitrogen and oxygen atoms in total. The molecule has 0 N–H and O–H groups in total. The third kappa shape index (κ3) is 3.18. The van der Waals surface area contributed by atoms with Gasteiger partial charge in [-0.1, -0.05) is 54.8 Å². The topological polar surface area (TPSA) is 57.7 Å². The number of hydrogen-bond acceptors (Lipinski definition) is 3. The molecule has 154 valence electrons. The Labute approximate surface area is 177 Å². The van der Waals surface area contributed by atoms with Crippen LogP contribution in [0.15, 0.2) is 53.4 Å². The van der Waals surface area contributed by atoms with Crippen LogP contribution in [0.5, 0.6) is 0 Å². The van der Waals surface area contributed by atoms with E-state index in [1.165, 1.54) is 38.7 Å². The van der Waals surface area contributed by atoms with Crippen molar-refractivity contribution in [3.05, 3.63) is 64.7 Å². The zero-order valence-corrected chi connectivity index (χ0v) is 18.2. The Morgan fingerprint density at radius 1 is 1.14 bits per heavy atom. The molecule has 1 aliphatic carbocycles. The van der Waals surface area contributed by atoms with Crippen LogP contribution in [-0.2, 0) is 15.6 Å².